The van der Waals surface area contributed by atoms with Crippen molar-refractivity contribution in [2.75, 3.05) is 0 Å². The van der Waals surface area contributed by atoms with E-state index in [0.717, 1.165) is 0 Å². The predicted molar refractivity (Wildman–Crippen MR) is 69.6 cm³/mol. The van der Waals surface area contributed by atoms with Crippen LogP contribution in [-0.2, 0) is 14.8 Å². The molecule has 6 nitrogen and oxygen atoms in total. The van der Waals surface area contributed by atoms with Crippen LogP contribution in [0.1, 0.15) is 20.8 Å². The molecule has 0 heterocycles. The third-order valence-corrected chi connectivity index (χ3v) is 3.76. The maximum absolute atomic E-state index is 11.9. The Hall–Kier alpha value is -1.60. The van der Waals surface area contributed by atoms with Gasteiger partial charge in [-0.25, -0.2) is 8.42 Å². The van der Waals surface area contributed by atoms with E-state index in [1.54, 1.807) is 0 Å². The molecule has 1 rings (SSSR count). The van der Waals surface area contributed by atoms with Crippen molar-refractivity contribution in [1.29, 1.82) is 0 Å². The number of sulfonamides is 1. The Balaban J connectivity index is 2.88. The van der Waals surface area contributed by atoms with E-state index in [1.807, 2.05) is 13.8 Å². The van der Waals surface area contributed by atoms with Crippen molar-refractivity contribution in [3.05, 3.63) is 24.3 Å². The highest BCUT2D eigenvalue weighted by molar-refractivity contribution is 7.89. The Bertz CT molecular complexity index is 536. The van der Waals surface area contributed by atoms with Crippen molar-refractivity contribution >= 4 is 16.0 Å². The maximum atomic E-state index is 11.9. The number of carboxylic acids is 1. The molecule has 106 valence electrons. The topological polar surface area (TPSA) is 92.7 Å². The van der Waals surface area contributed by atoms with E-state index in [2.05, 4.69) is 4.72 Å². The smallest absolute Gasteiger partial charge is 0.321 e. The van der Waals surface area contributed by atoms with Gasteiger partial charge in [0.15, 0.2) is 0 Å². The summed E-state index contributed by atoms with van der Waals surface area (Å²) in [7, 11) is -3.84. The Kier molecular flexibility index (Phi) is 4.90. The highest BCUT2D eigenvalue weighted by Gasteiger charge is 2.21. The van der Waals surface area contributed by atoms with E-state index in [-0.39, 0.29) is 11.0 Å². The normalized spacial score (nSPS) is 13.3. The molecule has 0 aliphatic rings. The van der Waals surface area contributed by atoms with E-state index in [9.17, 15) is 13.2 Å². The molecule has 0 bridgehead atoms. The summed E-state index contributed by atoms with van der Waals surface area (Å²) in [5.41, 5.74) is 0. The molecule has 1 atom stereocenters. The number of hydrogen-bond donors (Lipinski definition) is 2. The number of ether oxygens (including phenoxy) is 1. The first-order valence-electron chi connectivity index (χ1n) is 5.74. The van der Waals surface area contributed by atoms with Crippen LogP contribution in [0.2, 0.25) is 0 Å². The summed E-state index contributed by atoms with van der Waals surface area (Å²) in [6.45, 7) is 4.98. The zero-order chi connectivity index (χ0) is 14.6. The lowest BCUT2D eigenvalue weighted by atomic mass is 10.3. The third-order valence-electron chi connectivity index (χ3n) is 2.21. The van der Waals surface area contributed by atoms with Crippen LogP contribution >= 0.6 is 0 Å². The molecule has 1 unspecified atom stereocenters. The highest BCUT2D eigenvalue weighted by Crippen LogP contribution is 2.17. The lowest BCUT2D eigenvalue weighted by Crippen LogP contribution is -2.38. The van der Waals surface area contributed by atoms with Gasteiger partial charge in [-0.15, -0.1) is 0 Å². The minimum Gasteiger partial charge on any atom is -0.491 e. The fourth-order valence-electron chi connectivity index (χ4n) is 1.32. The number of carboxylic acid groups (broad SMARTS) is 1. The van der Waals surface area contributed by atoms with Crippen LogP contribution < -0.4 is 9.46 Å². The Morgan fingerprint density at radius 3 is 2.16 bits per heavy atom. The molecule has 0 aromatic heterocycles. The largest absolute Gasteiger partial charge is 0.491 e. The second-order valence-corrected chi connectivity index (χ2v) is 6.03. The number of rotatable bonds is 6. The summed E-state index contributed by atoms with van der Waals surface area (Å²) in [5, 5.41) is 8.69. The van der Waals surface area contributed by atoms with Gasteiger partial charge in [-0.05, 0) is 45.0 Å². The Labute approximate surface area is 112 Å². The standard InChI is InChI=1S/C12H17NO5S/c1-8(2)18-10-4-6-11(7-5-10)19(16,17)13-9(3)12(14)15/h4-9,13H,1-3H3,(H,14,15). The summed E-state index contributed by atoms with van der Waals surface area (Å²) in [6.07, 6.45) is -0.00684. The maximum Gasteiger partial charge on any atom is 0.321 e. The first kappa shape index (κ1) is 15.5. The minimum absolute atomic E-state index is 0.00305. The van der Waals surface area contributed by atoms with Crippen molar-refractivity contribution in [1.82, 2.24) is 4.72 Å². The third kappa shape index (κ3) is 4.53. The van der Waals surface area contributed by atoms with Crippen LogP contribution in [0.3, 0.4) is 0 Å². The van der Waals surface area contributed by atoms with Crippen molar-refractivity contribution in [2.24, 2.45) is 0 Å². The summed E-state index contributed by atoms with van der Waals surface area (Å²) in [6, 6.07) is 4.61. The van der Waals surface area contributed by atoms with Crippen LogP contribution in [0.25, 0.3) is 0 Å². The lowest BCUT2D eigenvalue weighted by molar-refractivity contribution is -0.138. The van der Waals surface area contributed by atoms with Crippen molar-refractivity contribution in [2.45, 2.75) is 37.8 Å². The number of aliphatic carboxylic acids is 1. The summed E-state index contributed by atoms with van der Waals surface area (Å²) in [5.74, 6) is -0.677. The van der Waals surface area contributed by atoms with Crippen molar-refractivity contribution in [3.8, 4) is 5.75 Å². The van der Waals surface area contributed by atoms with Crippen LogP contribution in [0.4, 0.5) is 0 Å². The van der Waals surface area contributed by atoms with E-state index in [1.165, 1.54) is 31.2 Å². The summed E-state index contributed by atoms with van der Waals surface area (Å²) >= 11 is 0. The number of nitrogens with one attached hydrogen (secondary N) is 1. The average Bonchev–Trinajstić information content (AvgIpc) is 2.28. The molecular weight excluding hydrogens is 270 g/mol. The first-order chi connectivity index (χ1) is 8.72. The molecule has 0 radical (unpaired) electrons. The Morgan fingerprint density at radius 1 is 1.21 bits per heavy atom. The monoisotopic (exact) mass is 287 g/mol. The van der Waals surface area contributed by atoms with Gasteiger partial charge in [0, 0.05) is 0 Å². The zero-order valence-corrected chi connectivity index (χ0v) is 11.8. The quantitative estimate of drug-likeness (QED) is 0.820. The summed E-state index contributed by atoms with van der Waals surface area (Å²) in [4.78, 5) is 10.6. The second kappa shape index (κ2) is 6.03. The Morgan fingerprint density at radius 2 is 1.74 bits per heavy atom. The molecular formula is C12H17NO5S. The van der Waals surface area contributed by atoms with Gasteiger partial charge in [0.25, 0.3) is 0 Å². The van der Waals surface area contributed by atoms with Crippen LogP contribution in [0, 0.1) is 0 Å². The highest BCUT2D eigenvalue weighted by atomic mass is 32.2. The molecule has 0 aliphatic heterocycles. The lowest BCUT2D eigenvalue weighted by Gasteiger charge is -2.12. The van der Waals surface area contributed by atoms with Crippen LogP contribution in [0.15, 0.2) is 29.2 Å². The molecule has 0 amide bonds. The fourth-order valence-corrected chi connectivity index (χ4v) is 2.52. The predicted octanol–water partition coefficient (Wildman–Crippen LogP) is 1.23. The van der Waals surface area contributed by atoms with Gasteiger partial charge in [-0.3, -0.25) is 4.79 Å². The van der Waals surface area contributed by atoms with Crippen molar-refractivity contribution in [3.63, 3.8) is 0 Å². The number of benzene rings is 1. The van der Waals surface area contributed by atoms with Gasteiger partial charge in [0.2, 0.25) is 10.0 Å². The minimum atomic E-state index is -3.84. The first-order valence-corrected chi connectivity index (χ1v) is 7.22. The van der Waals surface area contributed by atoms with Gasteiger partial charge in [0.05, 0.1) is 11.0 Å². The van der Waals surface area contributed by atoms with E-state index in [4.69, 9.17) is 9.84 Å². The molecule has 2 N–H and O–H groups in total. The molecule has 0 saturated carbocycles. The van der Waals surface area contributed by atoms with Gasteiger partial charge in [0.1, 0.15) is 11.8 Å². The van der Waals surface area contributed by atoms with E-state index >= 15 is 0 Å². The van der Waals surface area contributed by atoms with Gasteiger partial charge < -0.3 is 9.84 Å². The van der Waals surface area contributed by atoms with Crippen LogP contribution in [0.5, 0.6) is 5.75 Å². The second-order valence-electron chi connectivity index (χ2n) is 4.32. The number of hydrogen-bond acceptors (Lipinski definition) is 4. The SMILES string of the molecule is CC(C)Oc1ccc(S(=O)(=O)NC(C)C(=O)O)cc1. The molecule has 1 aromatic rings. The molecule has 0 saturated heterocycles. The molecule has 0 spiro atoms. The van der Waals surface area contributed by atoms with Gasteiger partial charge in [-0.2, -0.15) is 4.72 Å². The molecule has 19 heavy (non-hydrogen) atoms. The molecule has 0 fully saturated rings. The molecule has 0 aliphatic carbocycles. The van der Waals surface area contributed by atoms with Crippen molar-refractivity contribution < 1.29 is 23.1 Å². The zero-order valence-electron chi connectivity index (χ0n) is 11.0. The molecule has 7 heteroatoms. The van der Waals surface area contributed by atoms with E-state index in [0.29, 0.717) is 5.75 Å². The van der Waals surface area contributed by atoms with Crippen LogP contribution in [-0.4, -0.2) is 31.6 Å². The van der Waals surface area contributed by atoms with Gasteiger partial charge in [-0.1, -0.05) is 0 Å². The number of carbonyl (C=O) groups is 1. The fraction of sp³-hybridized carbons (Fsp3) is 0.417. The van der Waals surface area contributed by atoms with Gasteiger partial charge >= 0.3 is 5.97 Å². The molecule has 1 aromatic carbocycles. The summed E-state index contributed by atoms with van der Waals surface area (Å²) < 4.78 is 31.2. The van der Waals surface area contributed by atoms with E-state index < -0.39 is 22.0 Å². The average molecular weight is 287 g/mol.